The van der Waals surface area contributed by atoms with Gasteiger partial charge < -0.3 is 10.2 Å². The Morgan fingerprint density at radius 2 is 2.50 bits per heavy atom. The molecular formula is C16H23N3O. The maximum Gasteiger partial charge on any atom is 0.230 e. The first-order chi connectivity index (χ1) is 9.77. The number of likely N-dealkylation sites (tertiary alicyclic amines) is 1. The Labute approximate surface area is 120 Å². The molecule has 0 bridgehead atoms. The Morgan fingerprint density at radius 3 is 3.15 bits per heavy atom. The molecule has 2 aliphatic rings. The molecule has 0 saturated carbocycles. The fourth-order valence-electron chi connectivity index (χ4n) is 3.61. The molecule has 1 aromatic heterocycles. The van der Waals surface area contributed by atoms with Crippen molar-refractivity contribution in [3.05, 3.63) is 30.1 Å². The molecule has 2 fully saturated rings. The molecule has 0 aliphatic carbocycles. The lowest BCUT2D eigenvalue weighted by Gasteiger charge is -2.34. The van der Waals surface area contributed by atoms with Crippen molar-refractivity contribution in [2.24, 2.45) is 5.41 Å². The van der Waals surface area contributed by atoms with Crippen molar-refractivity contribution in [3.8, 4) is 0 Å². The van der Waals surface area contributed by atoms with E-state index in [1.165, 1.54) is 5.56 Å². The Morgan fingerprint density at radius 1 is 1.60 bits per heavy atom. The van der Waals surface area contributed by atoms with E-state index < -0.39 is 0 Å². The van der Waals surface area contributed by atoms with Crippen molar-refractivity contribution in [3.63, 3.8) is 0 Å². The van der Waals surface area contributed by atoms with Crippen LogP contribution in [-0.2, 0) is 4.79 Å². The van der Waals surface area contributed by atoms with Gasteiger partial charge in [-0.2, -0.15) is 0 Å². The van der Waals surface area contributed by atoms with Gasteiger partial charge >= 0.3 is 0 Å². The molecule has 0 radical (unpaired) electrons. The van der Waals surface area contributed by atoms with Crippen molar-refractivity contribution in [1.82, 2.24) is 15.2 Å². The van der Waals surface area contributed by atoms with E-state index in [4.69, 9.17) is 0 Å². The van der Waals surface area contributed by atoms with Gasteiger partial charge in [-0.25, -0.2) is 0 Å². The van der Waals surface area contributed by atoms with E-state index in [0.29, 0.717) is 5.91 Å². The SMILES string of the molecule is CCC1(C(=O)N2CCCC2c2cccnc2)CCNC1. The maximum atomic E-state index is 13.0. The number of amides is 1. The van der Waals surface area contributed by atoms with Gasteiger partial charge in [0.1, 0.15) is 0 Å². The van der Waals surface area contributed by atoms with Gasteiger partial charge in [0.2, 0.25) is 5.91 Å². The third kappa shape index (κ3) is 2.22. The molecule has 1 N–H and O–H groups in total. The lowest BCUT2D eigenvalue weighted by molar-refractivity contribution is -0.142. The first kappa shape index (κ1) is 13.6. The van der Waals surface area contributed by atoms with Crippen LogP contribution in [0.3, 0.4) is 0 Å². The summed E-state index contributed by atoms with van der Waals surface area (Å²) >= 11 is 0. The average Bonchev–Trinajstić information content (AvgIpc) is 3.17. The largest absolute Gasteiger partial charge is 0.335 e. The van der Waals surface area contributed by atoms with Crippen LogP contribution in [0, 0.1) is 5.41 Å². The number of hydrogen-bond donors (Lipinski definition) is 1. The van der Waals surface area contributed by atoms with E-state index >= 15 is 0 Å². The molecule has 2 saturated heterocycles. The van der Waals surface area contributed by atoms with Crippen LogP contribution in [0.4, 0.5) is 0 Å². The van der Waals surface area contributed by atoms with E-state index in [1.54, 1.807) is 6.20 Å². The lowest BCUT2D eigenvalue weighted by Crippen LogP contribution is -2.44. The first-order valence-electron chi connectivity index (χ1n) is 7.68. The molecule has 2 aliphatic heterocycles. The molecule has 3 heterocycles. The molecule has 3 rings (SSSR count). The molecule has 0 aromatic carbocycles. The highest BCUT2D eigenvalue weighted by molar-refractivity contribution is 5.84. The van der Waals surface area contributed by atoms with Gasteiger partial charge in [-0.05, 0) is 43.9 Å². The fourth-order valence-corrected chi connectivity index (χ4v) is 3.61. The second-order valence-electron chi connectivity index (χ2n) is 6.00. The predicted molar refractivity (Wildman–Crippen MR) is 78.1 cm³/mol. The number of hydrogen-bond acceptors (Lipinski definition) is 3. The molecular weight excluding hydrogens is 250 g/mol. The average molecular weight is 273 g/mol. The van der Waals surface area contributed by atoms with Crippen molar-refractivity contribution in [2.75, 3.05) is 19.6 Å². The summed E-state index contributed by atoms with van der Waals surface area (Å²) in [7, 11) is 0. The molecule has 4 nitrogen and oxygen atoms in total. The van der Waals surface area contributed by atoms with Crippen LogP contribution >= 0.6 is 0 Å². The zero-order valence-corrected chi connectivity index (χ0v) is 12.1. The van der Waals surface area contributed by atoms with Crippen LogP contribution < -0.4 is 5.32 Å². The zero-order valence-electron chi connectivity index (χ0n) is 12.1. The maximum absolute atomic E-state index is 13.0. The Kier molecular flexibility index (Phi) is 3.74. The highest BCUT2D eigenvalue weighted by Crippen LogP contribution is 2.39. The van der Waals surface area contributed by atoms with E-state index in [-0.39, 0.29) is 11.5 Å². The monoisotopic (exact) mass is 273 g/mol. The van der Waals surface area contributed by atoms with Gasteiger partial charge in [0.25, 0.3) is 0 Å². The van der Waals surface area contributed by atoms with Crippen LogP contribution in [-0.4, -0.2) is 35.4 Å². The molecule has 0 spiro atoms. The smallest absolute Gasteiger partial charge is 0.230 e. The van der Waals surface area contributed by atoms with Crippen LogP contribution in [0.5, 0.6) is 0 Å². The van der Waals surface area contributed by atoms with Gasteiger partial charge in [-0.1, -0.05) is 13.0 Å². The summed E-state index contributed by atoms with van der Waals surface area (Å²) < 4.78 is 0. The molecule has 2 unspecified atom stereocenters. The van der Waals surface area contributed by atoms with Crippen molar-refractivity contribution in [1.29, 1.82) is 0 Å². The summed E-state index contributed by atoms with van der Waals surface area (Å²) in [6, 6.07) is 4.28. The van der Waals surface area contributed by atoms with Gasteiger partial charge in [0.15, 0.2) is 0 Å². The fraction of sp³-hybridized carbons (Fsp3) is 0.625. The summed E-state index contributed by atoms with van der Waals surface area (Å²) in [6.45, 7) is 4.82. The number of carbonyl (C=O) groups is 1. The third-order valence-corrected chi connectivity index (χ3v) is 4.96. The van der Waals surface area contributed by atoms with Crippen LogP contribution in [0.25, 0.3) is 0 Å². The highest BCUT2D eigenvalue weighted by atomic mass is 16.2. The Bertz CT molecular complexity index is 468. The predicted octanol–water partition coefficient (Wildman–Crippen LogP) is 2.13. The van der Waals surface area contributed by atoms with E-state index in [0.717, 1.165) is 45.3 Å². The molecule has 108 valence electrons. The molecule has 20 heavy (non-hydrogen) atoms. The number of aromatic nitrogens is 1. The van der Waals surface area contributed by atoms with Gasteiger partial charge in [-0.3, -0.25) is 9.78 Å². The highest BCUT2D eigenvalue weighted by Gasteiger charge is 2.45. The standard InChI is InChI=1S/C16H23N3O/c1-2-16(7-9-18-12-16)15(20)19-10-4-6-14(19)13-5-3-8-17-11-13/h3,5,8,11,14,18H,2,4,6-7,9-10,12H2,1H3. The Hall–Kier alpha value is -1.42. The van der Waals surface area contributed by atoms with E-state index in [9.17, 15) is 4.79 Å². The van der Waals surface area contributed by atoms with Crippen molar-refractivity contribution in [2.45, 2.75) is 38.6 Å². The number of nitrogens with one attached hydrogen (secondary N) is 1. The number of rotatable bonds is 3. The molecule has 1 aromatic rings. The van der Waals surface area contributed by atoms with E-state index in [1.807, 2.05) is 12.3 Å². The topological polar surface area (TPSA) is 45.2 Å². The summed E-state index contributed by atoms with van der Waals surface area (Å²) in [5.41, 5.74) is 1.00. The minimum atomic E-state index is -0.176. The zero-order chi connectivity index (χ0) is 14.0. The third-order valence-electron chi connectivity index (χ3n) is 4.96. The second-order valence-corrected chi connectivity index (χ2v) is 6.00. The van der Waals surface area contributed by atoms with E-state index in [2.05, 4.69) is 28.2 Å². The summed E-state index contributed by atoms with van der Waals surface area (Å²) in [5.74, 6) is 0.344. The van der Waals surface area contributed by atoms with Crippen molar-refractivity contribution >= 4 is 5.91 Å². The minimum Gasteiger partial charge on any atom is -0.335 e. The molecule has 4 heteroatoms. The number of pyridine rings is 1. The van der Waals surface area contributed by atoms with Crippen molar-refractivity contribution < 1.29 is 4.79 Å². The van der Waals surface area contributed by atoms with Gasteiger partial charge in [0.05, 0.1) is 11.5 Å². The second kappa shape index (κ2) is 5.52. The Balaban J connectivity index is 1.83. The summed E-state index contributed by atoms with van der Waals surface area (Å²) in [4.78, 5) is 19.4. The summed E-state index contributed by atoms with van der Waals surface area (Å²) in [6.07, 6.45) is 7.75. The quantitative estimate of drug-likeness (QED) is 0.917. The number of nitrogens with zero attached hydrogens (tertiary/aromatic N) is 2. The lowest BCUT2D eigenvalue weighted by atomic mass is 9.82. The summed E-state index contributed by atoms with van der Waals surface area (Å²) in [5, 5.41) is 3.36. The van der Waals surface area contributed by atoms with Gasteiger partial charge in [0, 0.05) is 25.5 Å². The van der Waals surface area contributed by atoms with Crippen LogP contribution in [0.1, 0.15) is 44.2 Å². The number of carbonyl (C=O) groups excluding carboxylic acids is 1. The normalized spacial score (nSPS) is 29.9. The molecule has 2 atom stereocenters. The molecule has 1 amide bonds. The first-order valence-corrected chi connectivity index (χ1v) is 7.68. The minimum absolute atomic E-state index is 0.176. The van der Waals surface area contributed by atoms with Gasteiger partial charge in [-0.15, -0.1) is 0 Å². The van der Waals surface area contributed by atoms with Crippen LogP contribution in [0.2, 0.25) is 0 Å². The van der Waals surface area contributed by atoms with Crippen LogP contribution in [0.15, 0.2) is 24.5 Å².